The van der Waals surface area contributed by atoms with Crippen LogP contribution in [0.1, 0.15) is 37.3 Å². The number of amides is 4. The number of hydrogen-bond acceptors (Lipinski definition) is 8. The smallest absolute Gasteiger partial charge is 0.326 e. The van der Waals surface area contributed by atoms with Crippen LogP contribution in [0.25, 0.3) is 10.9 Å². The van der Waals surface area contributed by atoms with E-state index in [1.165, 1.54) is 6.92 Å². The third kappa shape index (κ3) is 11.9. The Hall–Kier alpha value is -5.97. The van der Waals surface area contributed by atoms with Crippen LogP contribution in [0.5, 0.6) is 0 Å². The molecule has 0 saturated carbocycles. The molecule has 4 amide bonds. The quantitative estimate of drug-likeness (QED) is 0.0414. The van der Waals surface area contributed by atoms with Crippen molar-refractivity contribution < 1.29 is 39.0 Å². The van der Waals surface area contributed by atoms with Crippen molar-refractivity contribution in [2.45, 2.75) is 69.2 Å². The minimum atomic E-state index is -1.41. The zero-order chi connectivity index (χ0) is 36.8. The van der Waals surface area contributed by atoms with Gasteiger partial charge in [0.15, 0.2) is 5.96 Å². The van der Waals surface area contributed by atoms with Crippen molar-refractivity contribution in [2.75, 3.05) is 6.54 Å². The molecule has 0 radical (unpaired) electrons. The first kappa shape index (κ1) is 38.5. The zero-order valence-electron chi connectivity index (χ0n) is 27.4. The van der Waals surface area contributed by atoms with E-state index in [2.05, 4.69) is 31.6 Å². The van der Waals surface area contributed by atoms with Crippen molar-refractivity contribution in [3.63, 3.8) is 0 Å². The molecular formula is C33H43N9O8. The topological polar surface area (TPSA) is 295 Å². The maximum absolute atomic E-state index is 13.8. The number of benzene rings is 2. The van der Waals surface area contributed by atoms with Gasteiger partial charge in [-0.2, -0.15) is 0 Å². The van der Waals surface area contributed by atoms with Crippen LogP contribution in [0.2, 0.25) is 0 Å². The van der Waals surface area contributed by atoms with Crippen LogP contribution in [-0.2, 0) is 41.6 Å². The van der Waals surface area contributed by atoms with E-state index in [0.717, 1.165) is 10.9 Å². The van der Waals surface area contributed by atoms with Gasteiger partial charge in [-0.15, -0.1) is 0 Å². The van der Waals surface area contributed by atoms with Gasteiger partial charge in [-0.25, -0.2) is 4.79 Å². The van der Waals surface area contributed by atoms with Crippen LogP contribution in [0.3, 0.4) is 0 Å². The summed E-state index contributed by atoms with van der Waals surface area (Å²) in [6, 6.07) is 9.47. The van der Waals surface area contributed by atoms with E-state index in [0.29, 0.717) is 11.1 Å². The van der Waals surface area contributed by atoms with Gasteiger partial charge in [-0.3, -0.25) is 29.4 Å². The highest BCUT2D eigenvalue weighted by atomic mass is 16.4. The Bertz CT molecular complexity index is 1680. The lowest BCUT2D eigenvalue weighted by Crippen LogP contribution is -2.58. The number of hydrogen-bond donors (Lipinski definition) is 11. The normalized spacial score (nSPS) is 13.9. The second-order valence-electron chi connectivity index (χ2n) is 11.7. The molecule has 17 heteroatoms. The van der Waals surface area contributed by atoms with Gasteiger partial charge >= 0.3 is 11.9 Å². The van der Waals surface area contributed by atoms with Crippen molar-refractivity contribution in [3.05, 3.63) is 71.9 Å². The first-order valence-corrected chi connectivity index (χ1v) is 15.8. The molecule has 2 aromatic carbocycles. The average molecular weight is 694 g/mol. The SMILES string of the molecule is C[C@@H](NC(=O)[C@@H](N)CC(=O)O)C(=O)N[C@H](Cc1ccccc1)C(=O)N[C@@H](CCCNC(=N)N)C(=O)N[C@@H](Cc1c[nH]c2ccccc12)C(=O)O. The molecule has 3 rings (SSSR count). The molecule has 0 unspecified atom stereocenters. The van der Waals surface area contributed by atoms with Gasteiger partial charge in [-0.05, 0) is 37.0 Å². The Labute approximate surface area is 287 Å². The summed E-state index contributed by atoms with van der Waals surface area (Å²) in [5.41, 5.74) is 13.1. The molecule has 0 aliphatic carbocycles. The van der Waals surface area contributed by atoms with Gasteiger partial charge in [0.2, 0.25) is 23.6 Å². The van der Waals surface area contributed by atoms with E-state index >= 15 is 0 Å². The van der Waals surface area contributed by atoms with Gasteiger partial charge in [-0.1, -0.05) is 48.5 Å². The Balaban J connectivity index is 1.80. The molecular weight excluding hydrogens is 650 g/mol. The number of H-pyrrole nitrogens is 1. The predicted molar refractivity (Wildman–Crippen MR) is 183 cm³/mol. The summed E-state index contributed by atoms with van der Waals surface area (Å²) in [7, 11) is 0. The van der Waals surface area contributed by atoms with Crippen molar-refractivity contribution in [2.24, 2.45) is 11.5 Å². The van der Waals surface area contributed by atoms with Gasteiger partial charge in [0.1, 0.15) is 24.2 Å². The lowest BCUT2D eigenvalue weighted by atomic mass is 10.0. The van der Waals surface area contributed by atoms with Gasteiger partial charge < -0.3 is 53.2 Å². The lowest BCUT2D eigenvalue weighted by molar-refractivity contribution is -0.142. The van der Waals surface area contributed by atoms with Crippen LogP contribution in [0.4, 0.5) is 0 Å². The molecule has 3 aromatic rings. The molecule has 268 valence electrons. The van der Waals surface area contributed by atoms with Crippen LogP contribution in [0.15, 0.2) is 60.8 Å². The fourth-order valence-corrected chi connectivity index (χ4v) is 5.09. The first-order chi connectivity index (χ1) is 23.7. The van der Waals surface area contributed by atoms with Crippen molar-refractivity contribution in [1.29, 1.82) is 5.41 Å². The molecule has 0 bridgehead atoms. The Morgan fingerprint density at radius 1 is 0.800 bits per heavy atom. The van der Waals surface area contributed by atoms with Crippen LogP contribution < -0.4 is 38.1 Å². The largest absolute Gasteiger partial charge is 0.481 e. The number of aromatic nitrogens is 1. The van der Waals surface area contributed by atoms with Crippen molar-refractivity contribution >= 4 is 52.4 Å². The summed E-state index contributed by atoms with van der Waals surface area (Å²) < 4.78 is 0. The number of carbonyl (C=O) groups is 6. The highest BCUT2D eigenvalue weighted by Gasteiger charge is 2.31. The van der Waals surface area contributed by atoms with E-state index in [1.807, 2.05) is 24.3 Å². The highest BCUT2D eigenvalue weighted by Crippen LogP contribution is 2.19. The summed E-state index contributed by atoms with van der Waals surface area (Å²) in [5, 5.41) is 39.8. The summed E-state index contributed by atoms with van der Waals surface area (Å²) in [5.74, 6) is -6.11. The van der Waals surface area contributed by atoms with E-state index in [4.69, 9.17) is 22.0 Å². The molecule has 0 aliphatic heterocycles. The maximum atomic E-state index is 13.8. The third-order valence-electron chi connectivity index (χ3n) is 7.73. The number of carbonyl (C=O) groups excluding carboxylic acids is 4. The second-order valence-corrected chi connectivity index (χ2v) is 11.7. The second kappa shape index (κ2) is 18.5. The molecule has 5 atom stereocenters. The fraction of sp³-hybridized carbons (Fsp3) is 0.364. The summed E-state index contributed by atoms with van der Waals surface area (Å²) in [6.07, 6.45) is 1.19. The van der Waals surface area contributed by atoms with Crippen LogP contribution in [-0.4, -0.2) is 93.5 Å². The number of carboxylic acids is 2. The maximum Gasteiger partial charge on any atom is 0.326 e. The zero-order valence-corrected chi connectivity index (χ0v) is 27.4. The molecule has 1 aromatic heterocycles. The first-order valence-electron chi connectivity index (χ1n) is 15.8. The molecule has 1 heterocycles. The minimum absolute atomic E-state index is 0.0111. The average Bonchev–Trinajstić information content (AvgIpc) is 3.47. The van der Waals surface area contributed by atoms with Crippen LogP contribution in [0, 0.1) is 5.41 Å². The van der Waals surface area contributed by atoms with Crippen molar-refractivity contribution in [1.82, 2.24) is 31.6 Å². The summed E-state index contributed by atoms with van der Waals surface area (Å²) in [6.45, 7) is 1.51. The predicted octanol–water partition coefficient (Wildman–Crippen LogP) is -0.938. The van der Waals surface area contributed by atoms with E-state index in [1.54, 1.807) is 36.5 Å². The number of nitrogens with two attached hydrogens (primary N) is 2. The molecule has 50 heavy (non-hydrogen) atoms. The number of rotatable bonds is 19. The standard InChI is InChI=1S/C33H43N9O8/c1-18(39-29(46)22(34)16-27(43)44)28(45)41-25(14-19-8-3-2-4-9-19)31(48)40-24(12-7-13-37-33(35)36)30(47)42-26(32(49)50)15-20-17-38-23-11-6-5-10-21(20)23/h2-6,8-11,17-18,22,24-26,38H,7,12-16,34H2,1H3,(H,39,46)(H,40,48)(H,41,45)(H,42,47)(H,43,44)(H,49,50)(H4,35,36,37)/t18-,22+,24+,25-,26+/m1/s1. The van der Waals surface area contributed by atoms with E-state index in [-0.39, 0.29) is 38.2 Å². The molecule has 13 N–H and O–H groups in total. The Kier molecular flexibility index (Phi) is 14.3. The van der Waals surface area contributed by atoms with Gasteiger partial charge in [0.05, 0.1) is 12.5 Å². The van der Waals surface area contributed by atoms with Gasteiger partial charge in [0, 0.05) is 36.5 Å². The Morgan fingerprint density at radius 3 is 2.08 bits per heavy atom. The molecule has 0 spiro atoms. The highest BCUT2D eigenvalue weighted by molar-refractivity contribution is 5.96. The molecule has 17 nitrogen and oxygen atoms in total. The molecule has 0 aliphatic rings. The Morgan fingerprint density at radius 2 is 1.42 bits per heavy atom. The monoisotopic (exact) mass is 693 g/mol. The van der Waals surface area contributed by atoms with E-state index < -0.39 is 72.2 Å². The van der Waals surface area contributed by atoms with Crippen LogP contribution >= 0.6 is 0 Å². The number of nitrogens with one attached hydrogen (secondary N) is 7. The number of carboxylic acid groups (broad SMARTS) is 2. The minimum Gasteiger partial charge on any atom is -0.481 e. The fourth-order valence-electron chi connectivity index (χ4n) is 5.09. The van der Waals surface area contributed by atoms with Gasteiger partial charge in [0.25, 0.3) is 0 Å². The third-order valence-corrected chi connectivity index (χ3v) is 7.73. The molecule has 0 fully saturated rings. The lowest BCUT2D eigenvalue weighted by Gasteiger charge is -2.26. The van der Waals surface area contributed by atoms with E-state index in [9.17, 15) is 33.9 Å². The summed E-state index contributed by atoms with van der Waals surface area (Å²) in [4.78, 5) is 79.1. The van der Waals surface area contributed by atoms with Crippen molar-refractivity contribution in [3.8, 4) is 0 Å². The number of aromatic amines is 1. The summed E-state index contributed by atoms with van der Waals surface area (Å²) >= 11 is 0. The number of aliphatic carboxylic acids is 2. The number of para-hydroxylation sites is 1. The number of fused-ring (bicyclic) bond motifs is 1. The molecule has 0 saturated heterocycles. The number of guanidine groups is 1.